The summed E-state index contributed by atoms with van der Waals surface area (Å²) in [6.45, 7) is 2.83. The summed E-state index contributed by atoms with van der Waals surface area (Å²) < 4.78 is 79.1. The van der Waals surface area contributed by atoms with Crippen molar-refractivity contribution in [1.29, 1.82) is 0 Å². The van der Waals surface area contributed by atoms with Gasteiger partial charge in [0, 0.05) is 0 Å². The molecule has 0 heterocycles. The molecular weight excluding hydrogens is 258 g/mol. The van der Waals surface area contributed by atoms with Gasteiger partial charge in [0.2, 0.25) is 0 Å². The standard InChI is InChI=1S/C8H10F6O3/c1-3-4(2)16-6(15)17-5(7(9,10)11)8(12,13)14/h4-5H,3H2,1-2H3/t4-/m1/s1. The minimum Gasteiger partial charge on any atom is -0.431 e. The van der Waals surface area contributed by atoms with E-state index >= 15 is 0 Å². The molecule has 0 aromatic heterocycles. The zero-order chi connectivity index (χ0) is 13.9. The lowest BCUT2D eigenvalue weighted by atomic mass is 10.3. The first kappa shape index (κ1) is 15.9. The number of hydrogen-bond acceptors (Lipinski definition) is 3. The van der Waals surface area contributed by atoms with E-state index in [-0.39, 0.29) is 6.42 Å². The molecule has 0 saturated heterocycles. The fourth-order valence-corrected chi connectivity index (χ4v) is 0.691. The zero-order valence-electron chi connectivity index (χ0n) is 8.85. The fourth-order valence-electron chi connectivity index (χ4n) is 0.691. The summed E-state index contributed by atoms with van der Waals surface area (Å²) in [7, 11) is 0. The lowest BCUT2D eigenvalue weighted by Gasteiger charge is -2.23. The third kappa shape index (κ3) is 5.64. The van der Waals surface area contributed by atoms with Gasteiger partial charge in [-0.1, -0.05) is 6.92 Å². The van der Waals surface area contributed by atoms with Gasteiger partial charge in [-0.15, -0.1) is 0 Å². The molecule has 0 fully saturated rings. The van der Waals surface area contributed by atoms with Crippen molar-refractivity contribution in [3.8, 4) is 0 Å². The second-order valence-electron chi connectivity index (χ2n) is 3.17. The second kappa shape index (κ2) is 5.46. The van der Waals surface area contributed by atoms with Gasteiger partial charge in [-0.05, 0) is 13.3 Å². The van der Waals surface area contributed by atoms with Gasteiger partial charge in [-0.25, -0.2) is 4.79 Å². The largest absolute Gasteiger partial charge is 0.509 e. The molecule has 0 aliphatic carbocycles. The quantitative estimate of drug-likeness (QED) is 0.581. The second-order valence-corrected chi connectivity index (χ2v) is 3.17. The van der Waals surface area contributed by atoms with Crippen molar-refractivity contribution in [2.24, 2.45) is 0 Å². The minimum absolute atomic E-state index is 0.234. The Labute approximate surface area is 92.7 Å². The van der Waals surface area contributed by atoms with Crippen LogP contribution in [0.5, 0.6) is 0 Å². The lowest BCUT2D eigenvalue weighted by Crippen LogP contribution is -2.45. The SMILES string of the molecule is CC[C@@H](C)OC(=O)OC(C(F)(F)F)C(F)(F)F. The lowest BCUT2D eigenvalue weighted by molar-refractivity contribution is -0.311. The van der Waals surface area contributed by atoms with Crippen molar-refractivity contribution < 1.29 is 40.6 Å². The fraction of sp³-hybridized carbons (Fsp3) is 0.875. The molecule has 0 aliphatic rings. The highest BCUT2D eigenvalue weighted by atomic mass is 19.4. The van der Waals surface area contributed by atoms with Crippen LogP contribution in [0.15, 0.2) is 0 Å². The number of halogens is 6. The number of hydrogen-bond donors (Lipinski definition) is 0. The van der Waals surface area contributed by atoms with Crippen LogP contribution in [0.2, 0.25) is 0 Å². The van der Waals surface area contributed by atoms with E-state index in [2.05, 4.69) is 9.47 Å². The van der Waals surface area contributed by atoms with E-state index in [0.717, 1.165) is 0 Å². The molecule has 0 N–H and O–H groups in total. The van der Waals surface area contributed by atoms with Crippen LogP contribution in [-0.4, -0.2) is 30.7 Å². The van der Waals surface area contributed by atoms with Crippen molar-refractivity contribution >= 4 is 6.16 Å². The molecular formula is C8H10F6O3. The molecule has 0 aromatic rings. The van der Waals surface area contributed by atoms with E-state index in [0.29, 0.717) is 0 Å². The number of alkyl halides is 6. The van der Waals surface area contributed by atoms with E-state index in [4.69, 9.17) is 0 Å². The van der Waals surface area contributed by atoms with E-state index in [9.17, 15) is 31.1 Å². The maximum atomic E-state index is 11.9. The molecule has 0 amide bonds. The number of carbonyl (C=O) groups excluding carboxylic acids is 1. The average Bonchev–Trinajstić information content (AvgIpc) is 2.10. The Hall–Kier alpha value is -1.15. The van der Waals surface area contributed by atoms with Crippen LogP contribution in [0.25, 0.3) is 0 Å². The Balaban J connectivity index is 4.63. The minimum atomic E-state index is -5.73. The first-order chi connectivity index (χ1) is 7.48. The molecule has 0 aromatic carbocycles. The van der Waals surface area contributed by atoms with Crippen LogP contribution in [-0.2, 0) is 9.47 Å². The average molecular weight is 268 g/mol. The Morgan fingerprint density at radius 1 is 1.06 bits per heavy atom. The normalized spacial score (nSPS) is 14.6. The predicted molar refractivity (Wildman–Crippen MR) is 43.2 cm³/mol. The maximum Gasteiger partial charge on any atom is 0.509 e. The highest BCUT2D eigenvalue weighted by Gasteiger charge is 2.60. The molecule has 0 rings (SSSR count). The number of carbonyl (C=O) groups is 1. The molecule has 0 spiro atoms. The Morgan fingerprint density at radius 3 is 1.76 bits per heavy atom. The van der Waals surface area contributed by atoms with Crippen LogP contribution in [0.4, 0.5) is 31.1 Å². The molecule has 0 unspecified atom stereocenters. The molecule has 1 atom stereocenters. The molecule has 17 heavy (non-hydrogen) atoms. The van der Waals surface area contributed by atoms with Gasteiger partial charge in [0.1, 0.15) is 6.10 Å². The van der Waals surface area contributed by atoms with Crippen molar-refractivity contribution in [2.45, 2.75) is 44.8 Å². The summed E-state index contributed by atoms with van der Waals surface area (Å²) in [6, 6.07) is 0. The van der Waals surface area contributed by atoms with Crippen molar-refractivity contribution in [3.05, 3.63) is 0 Å². The summed E-state index contributed by atoms with van der Waals surface area (Å²) >= 11 is 0. The highest BCUT2D eigenvalue weighted by Crippen LogP contribution is 2.35. The van der Waals surface area contributed by atoms with Gasteiger partial charge >= 0.3 is 18.5 Å². The Kier molecular flexibility index (Phi) is 5.09. The van der Waals surface area contributed by atoms with Gasteiger partial charge in [-0.2, -0.15) is 26.3 Å². The summed E-state index contributed by atoms with van der Waals surface area (Å²) in [4.78, 5) is 10.7. The first-order valence-corrected chi connectivity index (χ1v) is 4.49. The summed E-state index contributed by atoms with van der Waals surface area (Å²) in [6.07, 6.45) is -18.2. The van der Waals surface area contributed by atoms with Gasteiger partial charge in [0.15, 0.2) is 0 Å². The third-order valence-electron chi connectivity index (χ3n) is 1.68. The predicted octanol–water partition coefficient (Wildman–Crippen LogP) is 3.43. The van der Waals surface area contributed by atoms with Crippen molar-refractivity contribution in [1.82, 2.24) is 0 Å². The van der Waals surface area contributed by atoms with E-state index in [1.807, 2.05) is 0 Å². The summed E-state index contributed by atoms with van der Waals surface area (Å²) in [5.74, 6) is 0. The van der Waals surface area contributed by atoms with E-state index in [1.54, 1.807) is 0 Å². The molecule has 0 radical (unpaired) electrons. The molecule has 102 valence electrons. The van der Waals surface area contributed by atoms with Gasteiger partial charge in [0.05, 0.1) is 0 Å². The van der Waals surface area contributed by atoms with Crippen LogP contribution < -0.4 is 0 Å². The molecule has 0 aliphatic heterocycles. The zero-order valence-corrected chi connectivity index (χ0v) is 8.85. The summed E-state index contributed by atoms with van der Waals surface area (Å²) in [5, 5.41) is 0. The third-order valence-corrected chi connectivity index (χ3v) is 1.68. The van der Waals surface area contributed by atoms with Crippen LogP contribution in [0.3, 0.4) is 0 Å². The van der Waals surface area contributed by atoms with Crippen LogP contribution in [0, 0.1) is 0 Å². The molecule has 3 nitrogen and oxygen atoms in total. The smallest absolute Gasteiger partial charge is 0.431 e. The highest BCUT2D eigenvalue weighted by molar-refractivity contribution is 5.60. The van der Waals surface area contributed by atoms with E-state index < -0.39 is 30.7 Å². The maximum absolute atomic E-state index is 11.9. The van der Waals surface area contributed by atoms with Crippen LogP contribution in [0.1, 0.15) is 20.3 Å². The number of ether oxygens (including phenoxy) is 2. The van der Waals surface area contributed by atoms with E-state index in [1.165, 1.54) is 13.8 Å². The van der Waals surface area contributed by atoms with Crippen molar-refractivity contribution in [2.75, 3.05) is 0 Å². The summed E-state index contributed by atoms with van der Waals surface area (Å²) in [5.41, 5.74) is 0. The monoisotopic (exact) mass is 268 g/mol. The Bertz CT molecular complexity index is 245. The first-order valence-electron chi connectivity index (χ1n) is 4.49. The number of rotatable bonds is 3. The van der Waals surface area contributed by atoms with Gasteiger partial charge in [0.25, 0.3) is 6.10 Å². The van der Waals surface area contributed by atoms with Gasteiger partial charge < -0.3 is 9.47 Å². The van der Waals surface area contributed by atoms with Crippen molar-refractivity contribution in [3.63, 3.8) is 0 Å². The molecule has 9 heteroatoms. The topological polar surface area (TPSA) is 35.5 Å². The molecule has 0 saturated carbocycles. The van der Waals surface area contributed by atoms with Crippen LogP contribution >= 0.6 is 0 Å². The Morgan fingerprint density at radius 2 is 1.47 bits per heavy atom. The molecule has 0 bridgehead atoms. The van der Waals surface area contributed by atoms with Gasteiger partial charge in [-0.3, -0.25) is 0 Å².